The van der Waals surface area contributed by atoms with Gasteiger partial charge in [-0.2, -0.15) is 0 Å². The summed E-state index contributed by atoms with van der Waals surface area (Å²) in [6.45, 7) is 3.61. The summed E-state index contributed by atoms with van der Waals surface area (Å²) in [5.74, 6) is -0.339. The molecule has 6 nitrogen and oxygen atoms in total. The first-order chi connectivity index (χ1) is 13.0. The van der Waals surface area contributed by atoms with Crippen LogP contribution in [-0.4, -0.2) is 54.4 Å². The van der Waals surface area contributed by atoms with Crippen LogP contribution in [0.15, 0.2) is 48.5 Å². The Balaban J connectivity index is 1.47. The number of primary amides is 1. The van der Waals surface area contributed by atoms with E-state index >= 15 is 0 Å². The van der Waals surface area contributed by atoms with Crippen LogP contribution in [0.4, 0.5) is 0 Å². The third kappa shape index (κ3) is 5.21. The van der Waals surface area contributed by atoms with Gasteiger partial charge >= 0.3 is 0 Å². The topological polar surface area (TPSA) is 75.9 Å². The molecule has 0 radical (unpaired) electrons. The van der Waals surface area contributed by atoms with Gasteiger partial charge in [-0.05, 0) is 29.8 Å². The molecule has 0 bridgehead atoms. The van der Waals surface area contributed by atoms with Gasteiger partial charge in [-0.3, -0.25) is 14.5 Å². The van der Waals surface area contributed by atoms with Gasteiger partial charge in [-0.1, -0.05) is 35.9 Å². The lowest BCUT2D eigenvalue weighted by Crippen LogP contribution is -2.49. The van der Waals surface area contributed by atoms with Crippen molar-refractivity contribution in [2.24, 2.45) is 5.73 Å². The van der Waals surface area contributed by atoms with E-state index in [0.717, 1.165) is 24.7 Å². The van der Waals surface area contributed by atoms with Crippen LogP contribution in [0, 0.1) is 0 Å². The fourth-order valence-corrected chi connectivity index (χ4v) is 3.16. The van der Waals surface area contributed by atoms with E-state index in [4.69, 9.17) is 22.1 Å². The van der Waals surface area contributed by atoms with Gasteiger partial charge in [0, 0.05) is 37.7 Å². The van der Waals surface area contributed by atoms with Gasteiger partial charge < -0.3 is 15.4 Å². The molecule has 1 fully saturated rings. The number of ether oxygens (including phenoxy) is 1. The molecule has 0 unspecified atom stereocenters. The number of nitrogens with zero attached hydrogens (tertiary/aromatic N) is 2. The van der Waals surface area contributed by atoms with E-state index in [2.05, 4.69) is 4.90 Å². The monoisotopic (exact) mass is 387 g/mol. The second-order valence-electron chi connectivity index (χ2n) is 6.43. The standard InChI is InChI=1S/C20H22ClN3O3/c21-16-7-5-15(6-8-16)13-23-9-11-24(12-10-23)19(25)14-27-18-4-2-1-3-17(18)20(22)26/h1-8H,9-14H2,(H2,22,26). The summed E-state index contributed by atoms with van der Waals surface area (Å²) in [4.78, 5) is 27.9. The fraction of sp³-hybridized carbons (Fsp3) is 0.300. The smallest absolute Gasteiger partial charge is 0.260 e. The Hall–Kier alpha value is -2.57. The summed E-state index contributed by atoms with van der Waals surface area (Å²) in [7, 11) is 0. The molecule has 2 aromatic rings. The molecule has 1 heterocycles. The van der Waals surface area contributed by atoms with Gasteiger partial charge in [0.1, 0.15) is 5.75 Å². The Morgan fingerprint density at radius 3 is 2.33 bits per heavy atom. The average Bonchev–Trinajstić information content (AvgIpc) is 2.68. The quantitative estimate of drug-likeness (QED) is 0.824. The van der Waals surface area contributed by atoms with Crippen molar-refractivity contribution in [2.45, 2.75) is 6.54 Å². The maximum atomic E-state index is 12.4. The van der Waals surface area contributed by atoms with Crippen molar-refractivity contribution in [2.75, 3.05) is 32.8 Å². The zero-order valence-electron chi connectivity index (χ0n) is 14.9. The molecule has 1 aliphatic heterocycles. The molecule has 7 heteroatoms. The number of benzene rings is 2. The summed E-state index contributed by atoms with van der Waals surface area (Å²) in [5.41, 5.74) is 6.80. The highest BCUT2D eigenvalue weighted by molar-refractivity contribution is 6.30. The molecule has 0 aliphatic carbocycles. The Labute approximate surface area is 163 Å². The van der Waals surface area contributed by atoms with Gasteiger partial charge in [-0.15, -0.1) is 0 Å². The van der Waals surface area contributed by atoms with Crippen LogP contribution in [0.1, 0.15) is 15.9 Å². The summed E-state index contributed by atoms with van der Waals surface area (Å²) < 4.78 is 5.53. The minimum atomic E-state index is -0.575. The minimum absolute atomic E-state index is 0.0968. The average molecular weight is 388 g/mol. The first kappa shape index (κ1) is 19.2. The fourth-order valence-electron chi connectivity index (χ4n) is 3.03. The highest BCUT2D eigenvalue weighted by Crippen LogP contribution is 2.17. The Kier molecular flexibility index (Phi) is 6.32. The molecule has 2 aromatic carbocycles. The van der Waals surface area contributed by atoms with Crippen LogP contribution in [0.3, 0.4) is 0 Å². The molecule has 0 spiro atoms. The zero-order chi connectivity index (χ0) is 19.2. The van der Waals surface area contributed by atoms with Crippen LogP contribution < -0.4 is 10.5 Å². The number of nitrogens with two attached hydrogens (primary N) is 1. The van der Waals surface area contributed by atoms with Crippen molar-refractivity contribution < 1.29 is 14.3 Å². The number of carbonyl (C=O) groups is 2. The minimum Gasteiger partial charge on any atom is -0.483 e. The van der Waals surface area contributed by atoms with E-state index in [1.54, 1.807) is 29.2 Å². The van der Waals surface area contributed by atoms with Gasteiger partial charge in [0.25, 0.3) is 11.8 Å². The van der Waals surface area contributed by atoms with Crippen LogP contribution in [0.2, 0.25) is 5.02 Å². The van der Waals surface area contributed by atoms with Crippen LogP contribution >= 0.6 is 11.6 Å². The SMILES string of the molecule is NC(=O)c1ccccc1OCC(=O)N1CCN(Cc2ccc(Cl)cc2)CC1. The summed E-state index contributed by atoms with van der Waals surface area (Å²) in [6, 6.07) is 14.5. The third-order valence-corrected chi connectivity index (χ3v) is 4.80. The van der Waals surface area contributed by atoms with Crippen molar-refractivity contribution >= 4 is 23.4 Å². The summed E-state index contributed by atoms with van der Waals surface area (Å²) in [5, 5.41) is 0.729. The molecule has 0 atom stereocenters. The molecule has 1 aliphatic rings. The highest BCUT2D eigenvalue weighted by atomic mass is 35.5. The Morgan fingerprint density at radius 1 is 1.00 bits per heavy atom. The van der Waals surface area contributed by atoms with Crippen LogP contribution in [-0.2, 0) is 11.3 Å². The first-order valence-electron chi connectivity index (χ1n) is 8.79. The molecule has 3 rings (SSSR count). The number of halogens is 1. The number of rotatable bonds is 6. The van der Waals surface area contributed by atoms with Gasteiger partial charge in [-0.25, -0.2) is 0 Å². The van der Waals surface area contributed by atoms with Gasteiger partial charge in [0.05, 0.1) is 5.56 Å². The van der Waals surface area contributed by atoms with Crippen LogP contribution in [0.25, 0.3) is 0 Å². The number of hydrogen-bond acceptors (Lipinski definition) is 4. The predicted molar refractivity (Wildman–Crippen MR) is 104 cm³/mol. The van der Waals surface area contributed by atoms with Crippen molar-refractivity contribution in [1.82, 2.24) is 9.80 Å². The number of amides is 2. The van der Waals surface area contributed by atoms with E-state index < -0.39 is 5.91 Å². The molecular weight excluding hydrogens is 366 g/mol. The molecule has 1 saturated heterocycles. The lowest BCUT2D eigenvalue weighted by molar-refractivity contribution is -0.135. The second-order valence-corrected chi connectivity index (χ2v) is 6.87. The van der Waals surface area contributed by atoms with Crippen molar-refractivity contribution in [3.8, 4) is 5.75 Å². The zero-order valence-corrected chi connectivity index (χ0v) is 15.7. The summed E-state index contributed by atoms with van der Waals surface area (Å²) in [6.07, 6.45) is 0. The van der Waals surface area contributed by atoms with Crippen molar-refractivity contribution in [3.05, 3.63) is 64.7 Å². The Bertz CT molecular complexity index is 802. The summed E-state index contributed by atoms with van der Waals surface area (Å²) >= 11 is 5.91. The number of carbonyl (C=O) groups excluding carboxylic acids is 2. The first-order valence-corrected chi connectivity index (χ1v) is 9.17. The molecule has 0 saturated carbocycles. The lowest BCUT2D eigenvalue weighted by Gasteiger charge is -2.34. The largest absolute Gasteiger partial charge is 0.483 e. The lowest BCUT2D eigenvalue weighted by atomic mass is 10.2. The van der Waals surface area contributed by atoms with Crippen LogP contribution in [0.5, 0.6) is 5.75 Å². The molecular formula is C20H22ClN3O3. The third-order valence-electron chi connectivity index (χ3n) is 4.55. The predicted octanol–water partition coefficient (Wildman–Crippen LogP) is 2.16. The molecule has 2 N–H and O–H groups in total. The number of hydrogen-bond donors (Lipinski definition) is 1. The van der Waals surface area contributed by atoms with E-state index in [0.29, 0.717) is 18.8 Å². The van der Waals surface area contributed by atoms with E-state index in [-0.39, 0.29) is 18.1 Å². The normalized spacial score (nSPS) is 14.8. The van der Waals surface area contributed by atoms with Crippen molar-refractivity contribution in [1.29, 1.82) is 0 Å². The van der Waals surface area contributed by atoms with E-state index in [1.165, 1.54) is 5.56 Å². The highest BCUT2D eigenvalue weighted by Gasteiger charge is 2.22. The van der Waals surface area contributed by atoms with Crippen molar-refractivity contribution in [3.63, 3.8) is 0 Å². The molecule has 27 heavy (non-hydrogen) atoms. The second kappa shape index (κ2) is 8.88. The molecule has 2 amide bonds. The van der Waals surface area contributed by atoms with E-state index in [9.17, 15) is 9.59 Å². The molecule has 142 valence electrons. The molecule has 0 aromatic heterocycles. The number of piperazine rings is 1. The maximum Gasteiger partial charge on any atom is 0.260 e. The van der Waals surface area contributed by atoms with E-state index in [1.807, 2.05) is 24.3 Å². The van der Waals surface area contributed by atoms with Gasteiger partial charge in [0.2, 0.25) is 0 Å². The maximum absolute atomic E-state index is 12.4. The number of para-hydroxylation sites is 1. The van der Waals surface area contributed by atoms with Gasteiger partial charge in [0.15, 0.2) is 6.61 Å². The Morgan fingerprint density at radius 2 is 1.67 bits per heavy atom.